The highest BCUT2D eigenvalue weighted by Gasteiger charge is 2.36. The van der Waals surface area contributed by atoms with Crippen LogP contribution in [0.15, 0.2) is 0 Å². The van der Waals surface area contributed by atoms with Gasteiger partial charge >= 0.3 is 0 Å². The van der Waals surface area contributed by atoms with Crippen molar-refractivity contribution >= 4 is 0 Å². The van der Waals surface area contributed by atoms with E-state index in [1.807, 2.05) is 0 Å². The van der Waals surface area contributed by atoms with Crippen molar-refractivity contribution in [1.29, 1.82) is 0 Å². The molecule has 0 aliphatic carbocycles. The summed E-state index contributed by atoms with van der Waals surface area (Å²) in [7, 11) is 0. The summed E-state index contributed by atoms with van der Waals surface area (Å²) in [4.78, 5) is 2.92. The van der Waals surface area contributed by atoms with Gasteiger partial charge in [0, 0.05) is 11.1 Å². The predicted octanol–water partition coefficient (Wildman–Crippen LogP) is 14.6. The quantitative estimate of drug-likeness (QED) is 0.0701. The summed E-state index contributed by atoms with van der Waals surface area (Å²) in [6, 6.07) is 0. The molecule has 41 heavy (non-hydrogen) atoms. The predicted molar refractivity (Wildman–Crippen MR) is 190 cm³/mol. The second-order valence-corrected chi connectivity index (χ2v) is 15.1. The third-order valence-electron chi connectivity index (χ3n) is 9.98. The first-order valence-corrected chi connectivity index (χ1v) is 19.6. The first kappa shape index (κ1) is 41.0. The van der Waals surface area contributed by atoms with Crippen molar-refractivity contribution < 1.29 is 0 Å². The molecular formula is C40H83N. The third kappa shape index (κ3) is 25.0. The van der Waals surface area contributed by atoms with E-state index in [9.17, 15) is 0 Å². The number of hydrogen-bond donors (Lipinski definition) is 0. The Hall–Kier alpha value is -0.0400. The second kappa shape index (κ2) is 28.7. The minimum Gasteiger partial charge on any atom is -0.293 e. The molecule has 0 unspecified atom stereocenters. The molecule has 0 bridgehead atoms. The highest BCUT2D eigenvalue weighted by molar-refractivity contribution is 4.92. The number of unbranched alkanes of at least 4 members (excludes halogenated alkanes) is 25. The fourth-order valence-corrected chi connectivity index (χ4v) is 7.16. The Bertz CT molecular complexity index is 465. The lowest BCUT2D eigenvalue weighted by molar-refractivity contribution is 0.00191. The van der Waals surface area contributed by atoms with Gasteiger partial charge in [0.2, 0.25) is 0 Å². The van der Waals surface area contributed by atoms with Gasteiger partial charge in [-0.1, -0.05) is 194 Å². The van der Waals surface area contributed by atoms with Crippen molar-refractivity contribution in [1.82, 2.24) is 4.90 Å². The molecule has 0 spiro atoms. The molecule has 0 aromatic rings. The fraction of sp³-hybridized carbons (Fsp3) is 1.00. The zero-order chi connectivity index (χ0) is 30.5. The van der Waals surface area contributed by atoms with Gasteiger partial charge in [-0.2, -0.15) is 0 Å². The second-order valence-electron chi connectivity index (χ2n) is 15.1. The maximum absolute atomic E-state index is 2.92. The minimum atomic E-state index is 0.312. The van der Waals surface area contributed by atoms with Crippen LogP contribution in [0.25, 0.3) is 0 Å². The van der Waals surface area contributed by atoms with Crippen LogP contribution < -0.4 is 0 Å². The summed E-state index contributed by atoms with van der Waals surface area (Å²) in [5.74, 6) is 0. The van der Waals surface area contributed by atoms with Crippen LogP contribution in [0.5, 0.6) is 0 Å². The summed E-state index contributed by atoms with van der Waals surface area (Å²) in [6.07, 6.45) is 43.0. The van der Waals surface area contributed by atoms with E-state index in [0.29, 0.717) is 11.1 Å². The molecule has 0 aliphatic heterocycles. The molecule has 0 rings (SSSR count). The first-order chi connectivity index (χ1) is 19.8. The Morgan fingerprint density at radius 3 is 0.756 bits per heavy atom. The third-order valence-corrected chi connectivity index (χ3v) is 9.98. The van der Waals surface area contributed by atoms with Gasteiger partial charge in [0.25, 0.3) is 0 Å². The van der Waals surface area contributed by atoms with Crippen LogP contribution in [-0.4, -0.2) is 22.5 Å². The van der Waals surface area contributed by atoms with E-state index in [-0.39, 0.29) is 0 Å². The molecule has 0 atom stereocenters. The Labute approximate surface area is 263 Å². The van der Waals surface area contributed by atoms with Gasteiger partial charge in [-0.25, -0.2) is 0 Å². The van der Waals surface area contributed by atoms with Crippen LogP contribution in [0.1, 0.15) is 241 Å². The van der Waals surface area contributed by atoms with Crippen molar-refractivity contribution in [3.05, 3.63) is 0 Å². The lowest BCUT2D eigenvalue weighted by Crippen LogP contribution is -2.55. The molecule has 0 heterocycles. The maximum atomic E-state index is 2.92. The molecule has 0 N–H and O–H groups in total. The van der Waals surface area contributed by atoms with Gasteiger partial charge < -0.3 is 0 Å². The van der Waals surface area contributed by atoms with Gasteiger partial charge in [-0.3, -0.25) is 4.90 Å². The molecule has 0 saturated carbocycles. The van der Waals surface area contributed by atoms with Gasteiger partial charge in [0.05, 0.1) is 0 Å². The molecule has 0 aromatic carbocycles. The standard InChI is InChI=1S/C40H83N/c1-8-11-14-16-18-20-22-24-26-28-30-32-34-36-39(4,5)41(38-13-10-3)40(6,7)37-35-33-31-29-27-25-23-21-19-17-15-12-9-2/h8-38H2,1-7H3. The van der Waals surface area contributed by atoms with Crippen molar-refractivity contribution in [3.63, 3.8) is 0 Å². The molecule has 248 valence electrons. The molecule has 0 aliphatic rings. The first-order valence-electron chi connectivity index (χ1n) is 19.6. The molecule has 1 heteroatoms. The summed E-state index contributed by atoms with van der Waals surface area (Å²) in [5.41, 5.74) is 0.625. The topological polar surface area (TPSA) is 3.24 Å². The van der Waals surface area contributed by atoms with Crippen molar-refractivity contribution in [3.8, 4) is 0 Å². The molecule has 1 nitrogen and oxygen atoms in total. The van der Waals surface area contributed by atoms with Crippen molar-refractivity contribution in [2.24, 2.45) is 0 Å². The molecule has 0 fully saturated rings. The number of hydrogen-bond acceptors (Lipinski definition) is 1. The van der Waals surface area contributed by atoms with Crippen molar-refractivity contribution in [2.45, 2.75) is 252 Å². The van der Waals surface area contributed by atoms with Crippen LogP contribution >= 0.6 is 0 Å². The summed E-state index contributed by atoms with van der Waals surface area (Å²) >= 11 is 0. The van der Waals surface area contributed by atoms with Crippen LogP contribution in [0.4, 0.5) is 0 Å². The minimum absolute atomic E-state index is 0.312. The van der Waals surface area contributed by atoms with Crippen LogP contribution in [-0.2, 0) is 0 Å². The van der Waals surface area contributed by atoms with Crippen molar-refractivity contribution in [2.75, 3.05) is 6.54 Å². The maximum Gasteiger partial charge on any atom is 0.0158 e. The molecule has 0 radical (unpaired) electrons. The Kier molecular flexibility index (Phi) is 28.7. The largest absolute Gasteiger partial charge is 0.293 e. The lowest BCUT2D eigenvalue weighted by atomic mass is 9.85. The molecule has 0 aromatic heterocycles. The number of nitrogens with zero attached hydrogens (tertiary/aromatic N) is 1. The normalized spacial score (nSPS) is 12.6. The van der Waals surface area contributed by atoms with E-state index in [1.54, 1.807) is 0 Å². The Morgan fingerprint density at radius 2 is 0.512 bits per heavy atom. The fourth-order valence-electron chi connectivity index (χ4n) is 7.16. The monoisotopic (exact) mass is 578 g/mol. The van der Waals surface area contributed by atoms with E-state index < -0.39 is 0 Å². The van der Waals surface area contributed by atoms with E-state index >= 15 is 0 Å². The van der Waals surface area contributed by atoms with E-state index in [1.165, 1.54) is 199 Å². The smallest absolute Gasteiger partial charge is 0.0158 e. The van der Waals surface area contributed by atoms with Gasteiger partial charge in [-0.05, 0) is 53.5 Å². The van der Waals surface area contributed by atoms with Gasteiger partial charge in [-0.15, -0.1) is 0 Å². The lowest BCUT2D eigenvalue weighted by Gasteiger charge is -2.49. The zero-order valence-corrected chi connectivity index (χ0v) is 30.4. The van der Waals surface area contributed by atoms with Crippen LogP contribution in [0, 0.1) is 0 Å². The summed E-state index contributed by atoms with van der Waals surface area (Å²) in [5, 5.41) is 0. The van der Waals surface area contributed by atoms with Crippen LogP contribution in [0.3, 0.4) is 0 Å². The average molecular weight is 578 g/mol. The van der Waals surface area contributed by atoms with Gasteiger partial charge in [0.1, 0.15) is 0 Å². The van der Waals surface area contributed by atoms with E-state index in [2.05, 4.69) is 53.4 Å². The van der Waals surface area contributed by atoms with Crippen LogP contribution in [0.2, 0.25) is 0 Å². The Morgan fingerprint density at radius 1 is 0.293 bits per heavy atom. The SMILES string of the molecule is CCCCCCCCCCCCCCCC(C)(C)N(CCCC)C(C)(C)CCCCCCCCCCCCCCC. The Balaban J connectivity index is 4.09. The average Bonchev–Trinajstić information content (AvgIpc) is 2.93. The van der Waals surface area contributed by atoms with Gasteiger partial charge in [0.15, 0.2) is 0 Å². The van der Waals surface area contributed by atoms with E-state index in [4.69, 9.17) is 0 Å². The molecule has 0 saturated heterocycles. The summed E-state index contributed by atoms with van der Waals surface area (Å²) < 4.78 is 0. The highest BCUT2D eigenvalue weighted by atomic mass is 15.2. The highest BCUT2D eigenvalue weighted by Crippen LogP contribution is 2.34. The number of rotatable bonds is 33. The molecular weight excluding hydrogens is 494 g/mol. The zero-order valence-electron chi connectivity index (χ0n) is 30.4. The summed E-state index contributed by atoms with van der Waals surface area (Å²) in [6.45, 7) is 18.5. The van der Waals surface area contributed by atoms with E-state index in [0.717, 1.165) is 0 Å². The molecule has 0 amide bonds.